The standard InChI is InChI=1S/C19H24N7O/c1-4-25-14-7-6-12(27-3)10-15(14)26(5-2)16(25)11-22-19-17(20)24-18-13(23-19)8-9-21-18/h6-10H,4-5,11H2,1-3H3,(H,22,23)(H3,20,21,24)/q+1. The van der Waals surface area contributed by atoms with Gasteiger partial charge in [0.15, 0.2) is 28.3 Å². The fourth-order valence-electron chi connectivity index (χ4n) is 3.57. The molecule has 0 aliphatic rings. The van der Waals surface area contributed by atoms with Crippen LogP contribution in [0.3, 0.4) is 0 Å². The average Bonchev–Trinajstić information content (AvgIpc) is 3.25. The van der Waals surface area contributed by atoms with Gasteiger partial charge in [-0.05, 0) is 32.0 Å². The predicted molar refractivity (Wildman–Crippen MR) is 106 cm³/mol. The van der Waals surface area contributed by atoms with Crippen molar-refractivity contribution >= 4 is 33.8 Å². The van der Waals surface area contributed by atoms with E-state index in [0.29, 0.717) is 23.8 Å². The molecule has 140 valence electrons. The molecule has 0 amide bonds. The Hall–Kier alpha value is -3.29. The molecular formula is C19H24N7O+. The summed E-state index contributed by atoms with van der Waals surface area (Å²) in [5.41, 5.74) is 9.88. The Balaban J connectivity index is 1.74. The summed E-state index contributed by atoms with van der Waals surface area (Å²) in [4.78, 5) is 12.0. The van der Waals surface area contributed by atoms with E-state index in [4.69, 9.17) is 10.5 Å². The number of rotatable bonds is 6. The number of imidazole rings is 1. The van der Waals surface area contributed by atoms with E-state index in [1.807, 2.05) is 12.1 Å². The largest absolute Gasteiger partial charge is 0.497 e. The second-order valence-corrected chi connectivity index (χ2v) is 6.28. The first kappa shape index (κ1) is 17.1. The molecule has 0 bridgehead atoms. The minimum Gasteiger partial charge on any atom is -0.497 e. The van der Waals surface area contributed by atoms with Crippen LogP contribution in [0.5, 0.6) is 5.75 Å². The molecule has 4 rings (SSSR count). The van der Waals surface area contributed by atoms with Crippen molar-refractivity contribution in [3.8, 4) is 5.75 Å². The van der Waals surface area contributed by atoms with Crippen LogP contribution in [0.4, 0.5) is 11.6 Å². The van der Waals surface area contributed by atoms with E-state index < -0.39 is 0 Å². The fraction of sp³-hybridized carbons (Fsp3) is 0.316. The zero-order chi connectivity index (χ0) is 19.0. The average molecular weight is 366 g/mol. The monoisotopic (exact) mass is 366 g/mol. The highest BCUT2D eigenvalue weighted by Crippen LogP contribution is 2.23. The van der Waals surface area contributed by atoms with Crippen molar-refractivity contribution < 1.29 is 9.30 Å². The first-order valence-electron chi connectivity index (χ1n) is 9.09. The summed E-state index contributed by atoms with van der Waals surface area (Å²) in [6.45, 7) is 6.60. The summed E-state index contributed by atoms with van der Waals surface area (Å²) in [7, 11) is 1.69. The van der Waals surface area contributed by atoms with Gasteiger partial charge in [-0.3, -0.25) is 0 Å². The van der Waals surface area contributed by atoms with E-state index in [0.717, 1.165) is 35.7 Å². The van der Waals surface area contributed by atoms with E-state index in [2.05, 4.69) is 55.4 Å². The van der Waals surface area contributed by atoms with Gasteiger partial charge in [0.25, 0.3) is 5.82 Å². The number of hydrogen-bond acceptors (Lipinski definition) is 5. The van der Waals surface area contributed by atoms with Crippen LogP contribution in [-0.4, -0.2) is 26.6 Å². The molecule has 3 heterocycles. The van der Waals surface area contributed by atoms with Crippen LogP contribution >= 0.6 is 0 Å². The quantitative estimate of drug-likeness (QED) is 0.455. The van der Waals surface area contributed by atoms with Gasteiger partial charge in [-0.1, -0.05) is 0 Å². The molecule has 8 heteroatoms. The number of nitrogen functional groups attached to an aromatic ring is 1. The number of aromatic amines is 1. The molecule has 4 aromatic rings. The van der Waals surface area contributed by atoms with Crippen LogP contribution in [0.15, 0.2) is 30.5 Å². The molecule has 0 spiro atoms. The fourth-order valence-corrected chi connectivity index (χ4v) is 3.57. The number of nitrogens with one attached hydrogen (secondary N) is 2. The predicted octanol–water partition coefficient (Wildman–Crippen LogP) is 2.44. The number of aryl methyl sites for hydroxylation is 2. The van der Waals surface area contributed by atoms with Crippen molar-refractivity contribution in [2.75, 3.05) is 18.2 Å². The lowest BCUT2D eigenvalue weighted by molar-refractivity contribution is -0.676. The number of ether oxygens (including phenoxy) is 1. The Morgan fingerprint density at radius 2 is 2.11 bits per heavy atom. The van der Waals surface area contributed by atoms with Gasteiger partial charge in [-0.2, -0.15) is 0 Å². The van der Waals surface area contributed by atoms with E-state index in [1.165, 1.54) is 5.52 Å². The Morgan fingerprint density at radius 3 is 2.85 bits per heavy atom. The smallest absolute Gasteiger partial charge is 0.277 e. The van der Waals surface area contributed by atoms with Crippen LogP contribution in [0.1, 0.15) is 19.7 Å². The van der Waals surface area contributed by atoms with Crippen molar-refractivity contribution in [1.29, 1.82) is 0 Å². The number of nitrogens with zero attached hydrogens (tertiary/aromatic N) is 4. The Morgan fingerprint density at radius 1 is 1.26 bits per heavy atom. The Kier molecular flexibility index (Phi) is 4.31. The number of fused-ring (bicyclic) bond motifs is 2. The molecule has 0 radical (unpaired) electrons. The molecule has 4 N–H and O–H groups in total. The van der Waals surface area contributed by atoms with Crippen LogP contribution in [0.25, 0.3) is 22.2 Å². The summed E-state index contributed by atoms with van der Waals surface area (Å²) in [6.07, 6.45) is 1.81. The third-order valence-electron chi connectivity index (χ3n) is 4.84. The van der Waals surface area contributed by atoms with Crippen molar-refractivity contribution in [3.63, 3.8) is 0 Å². The summed E-state index contributed by atoms with van der Waals surface area (Å²) in [5, 5.41) is 3.36. The summed E-state index contributed by atoms with van der Waals surface area (Å²) >= 11 is 0. The molecule has 0 fully saturated rings. The second-order valence-electron chi connectivity index (χ2n) is 6.28. The maximum atomic E-state index is 6.08. The zero-order valence-electron chi connectivity index (χ0n) is 15.8. The van der Waals surface area contributed by atoms with E-state index in [1.54, 1.807) is 13.3 Å². The van der Waals surface area contributed by atoms with Gasteiger partial charge in [0.1, 0.15) is 17.8 Å². The van der Waals surface area contributed by atoms with E-state index in [-0.39, 0.29) is 0 Å². The maximum absolute atomic E-state index is 6.08. The number of H-pyrrole nitrogens is 1. The van der Waals surface area contributed by atoms with Crippen LogP contribution in [-0.2, 0) is 19.6 Å². The zero-order valence-corrected chi connectivity index (χ0v) is 15.8. The summed E-state index contributed by atoms with van der Waals surface area (Å²) in [6, 6.07) is 8.06. The lowest BCUT2D eigenvalue weighted by atomic mass is 10.3. The topological polar surface area (TPSA) is 97.7 Å². The number of hydrogen-bond donors (Lipinski definition) is 3. The minimum atomic E-state index is 0.383. The number of anilines is 2. The van der Waals surface area contributed by atoms with Gasteiger partial charge in [-0.15, -0.1) is 0 Å². The van der Waals surface area contributed by atoms with Crippen molar-refractivity contribution in [2.45, 2.75) is 33.5 Å². The molecule has 27 heavy (non-hydrogen) atoms. The molecule has 3 aromatic heterocycles. The van der Waals surface area contributed by atoms with Crippen LogP contribution in [0.2, 0.25) is 0 Å². The van der Waals surface area contributed by atoms with Gasteiger partial charge >= 0.3 is 0 Å². The molecule has 0 saturated heterocycles. The highest BCUT2D eigenvalue weighted by molar-refractivity contribution is 5.77. The number of methoxy groups -OCH3 is 1. The van der Waals surface area contributed by atoms with E-state index in [9.17, 15) is 0 Å². The number of aromatic nitrogens is 5. The summed E-state index contributed by atoms with van der Waals surface area (Å²) < 4.78 is 9.99. The Labute approximate surface area is 157 Å². The van der Waals surface area contributed by atoms with E-state index >= 15 is 0 Å². The first-order valence-corrected chi connectivity index (χ1v) is 9.09. The van der Waals surface area contributed by atoms with Crippen molar-refractivity contribution in [3.05, 3.63) is 36.3 Å². The van der Waals surface area contributed by atoms with Crippen LogP contribution < -0.4 is 20.4 Å². The summed E-state index contributed by atoms with van der Waals surface area (Å²) in [5.74, 6) is 2.98. The Bertz CT molecular complexity index is 1110. The van der Waals surface area contributed by atoms with Gasteiger partial charge in [0.2, 0.25) is 0 Å². The van der Waals surface area contributed by atoms with Crippen molar-refractivity contribution in [2.24, 2.45) is 0 Å². The normalized spacial score (nSPS) is 11.4. The molecule has 0 atom stereocenters. The first-order chi connectivity index (χ1) is 13.2. The maximum Gasteiger partial charge on any atom is 0.277 e. The van der Waals surface area contributed by atoms with Gasteiger partial charge in [0, 0.05) is 12.3 Å². The van der Waals surface area contributed by atoms with Gasteiger partial charge < -0.3 is 20.8 Å². The highest BCUT2D eigenvalue weighted by Gasteiger charge is 2.24. The molecule has 0 saturated carbocycles. The lowest BCUT2D eigenvalue weighted by Gasteiger charge is -2.08. The molecule has 8 nitrogen and oxygen atoms in total. The van der Waals surface area contributed by atoms with Gasteiger partial charge in [-0.25, -0.2) is 19.1 Å². The molecule has 0 aliphatic carbocycles. The number of nitrogens with two attached hydrogens (primary N) is 1. The molecule has 0 unspecified atom stereocenters. The SMILES string of the molecule is CCn1c(CNc2nc3cc[nH]c3nc2N)[n+](CC)c2ccc(OC)cc21. The highest BCUT2D eigenvalue weighted by atomic mass is 16.5. The second kappa shape index (κ2) is 6.79. The molecular weight excluding hydrogens is 342 g/mol. The van der Waals surface area contributed by atoms with Crippen LogP contribution in [0, 0.1) is 0 Å². The lowest BCUT2D eigenvalue weighted by Crippen LogP contribution is -2.38. The van der Waals surface area contributed by atoms with Crippen molar-refractivity contribution in [1.82, 2.24) is 19.5 Å². The molecule has 1 aromatic carbocycles. The third-order valence-corrected chi connectivity index (χ3v) is 4.84. The number of benzene rings is 1. The minimum absolute atomic E-state index is 0.383. The third kappa shape index (κ3) is 2.83. The molecule has 0 aliphatic heterocycles. The van der Waals surface area contributed by atoms with Gasteiger partial charge in [0.05, 0.1) is 20.2 Å².